The first kappa shape index (κ1) is 20.5. The fraction of sp³-hybridized carbons (Fsp3) is 0.684. The van der Waals surface area contributed by atoms with E-state index in [1.54, 1.807) is 0 Å². The van der Waals surface area contributed by atoms with Gasteiger partial charge in [-0.1, -0.05) is 85.4 Å². The third kappa shape index (κ3) is 12.0. The fourth-order valence-electron chi connectivity index (χ4n) is 1.60. The molecule has 0 bridgehead atoms. The van der Waals surface area contributed by atoms with Crippen LogP contribution in [0.15, 0.2) is 18.2 Å². The molecular formula is C19H36. The summed E-state index contributed by atoms with van der Waals surface area (Å²) in [7, 11) is 0. The molecule has 0 nitrogen and oxygen atoms in total. The van der Waals surface area contributed by atoms with Gasteiger partial charge in [0, 0.05) is 0 Å². The zero-order valence-electron chi connectivity index (χ0n) is 14.5. The summed E-state index contributed by atoms with van der Waals surface area (Å²) in [6, 6.07) is 6.85. The van der Waals surface area contributed by atoms with Gasteiger partial charge in [-0.15, -0.1) is 0 Å². The summed E-state index contributed by atoms with van der Waals surface area (Å²) >= 11 is 0. The highest BCUT2D eigenvalue weighted by Gasteiger charge is 1.96. The van der Waals surface area contributed by atoms with Gasteiger partial charge in [0.1, 0.15) is 0 Å². The second-order valence-electron chi connectivity index (χ2n) is 5.07. The second-order valence-corrected chi connectivity index (χ2v) is 5.07. The predicted octanol–water partition coefficient (Wildman–Crippen LogP) is 6.73. The van der Waals surface area contributed by atoms with E-state index in [1.165, 1.54) is 48.8 Å². The minimum absolute atomic E-state index is 1.15. The maximum atomic E-state index is 2.32. The zero-order valence-corrected chi connectivity index (χ0v) is 14.5. The van der Waals surface area contributed by atoms with Crippen molar-refractivity contribution in [3.63, 3.8) is 0 Å². The Morgan fingerprint density at radius 3 is 1.63 bits per heavy atom. The average molecular weight is 264 g/mol. The minimum Gasteiger partial charge on any atom is -0.0656 e. The van der Waals surface area contributed by atoms with Crippen LogP contribution in [-0.4, -0.2) is 0 Å². The molecule has 0 aromatic heterocycles. The fourth-order valence-corrected chi connectivity index (χ4v) is 1.60. The highest BCUT2D eigenvalue weighted by atomic mass is 14.0. The summed E-state index contributed by atoms with van der Waals surface area (Å²) in [6.07, 6.45) is 7.49. The maximum absolute atomic E-state index is 2.32. The Kier molecular flexibility index (Phi) is 16.5. The van der Waals surface area contributed by atoms with E-state index in [2.05, 4.69) is 66.7 Å². The number of hydrogen-bond acceptors (Lipinski definition) is 0. The Bertz CT molecular complexity index is 284. The van der Waals surface area contributed by atoms with E-state index in [0.717, 1.165) is 6.42 Å². The van der Waals surface area contributed by atoms with Gasteiger partial charge in [-0.3, -0.25) is 0 Å². The van der Waals surface area contributed by atoms with Crippen LogP contribution in [-0.2, 0) is 12.8 Å². The van der Waals surface area contributed by atoms with Gasteiger partial charge in [0.2, 0.25) is 0 Å². The van der Waals surface area contributed by atoms with Gasteiger partial charge in [0.15, 0.2) is 0 Å². The summed E-state index contributed by atoms with van der Waals surface area (Å²) in [5.41, 5.74) is 4.41. The Labute approximate surface area is 122 Å². The molecule has 0 aliphatic rings. The molecule has 0 spiro atoms. The van der Waals surface area contributed by atoms with Crippen molar-refractivity contribution in [1.29, 1.82) is 0 Å². The molecule has 0 saturated heterocycles. The third-order valence-corrected chi connectivity index (χ3v) is 2.83. The molecule has 1 aromatic rings. The minimum atomic E-state index is 1.15. The second kappa shape index (κ2) is 15.3. The lowest BCUT2D eigenvalue weighted by molar-refractivity contribution is 0.886. The molecule has 1 rings (SSSR count). The molecule has 0 aliphatic carbocycles. The lowest BCUT2D eigenvalue weighted by Crippen LogP contribution is -1.89. The van der Waals surface area contributed by atoms with Crippen LogP contribution in [0.5, 0.6) is 0 Å². The standard InChI is InChI=1S/C12H18.C4H10.C3H8/c1-4-6-11-7-8-12(5-2)10(3)9-11;1-3-4-2;1-3-2/h7-9H,4-6H2,1-3H3;3-4H2,1-2H3;3H2,1-2H3. The SMILES string of the molecule is CCC.CCCC.CCCc1ccc(CC)c(C)c1. The van der Waals surface area contributed by atoms with Crippen molar-refractivity contribution in [3.8, 4) is 0 Å². The summed E-state index contributed by atoms with van der Waals surface area (Å²) in [4.78, 5) is 0. The van der Waals surface area contributed by atoms with E-state index in [1.807, 2.05) is 0 Å². The van der Waals surface area contributed by atoms with E-state index in [0.29, 0.717) is 0 Å². The van der Waals surface area contributed by atoms with E-state index in [-0.39, 0.29) is 0 Å². The summed E-state index contributed by atoms with van der Waals surface area (Å²) in [5.74, 6) is 0. The van der Waals surface area contributed by atoms with Crippen LogP contribution in [0.3, 0.4) is 0 Å². The zero-order chi connectivity index (χ0) is 15.1. The first-order chi connectivity index (χ1) is 9.10. The normalized spacial score (nSPS) is 9.00. The van der Waals surface area contributed by atoms with Crippen molar-refractivity contribution in [1.82, 2.24) is 0 Å². The van der Waals surface area contributed by atoms with Crippen molar-refractivity contribution in [2.24, 2.45) is 0 Å². The quantitative estimate of drug-likeness (QED) is 0.565. The highest BCUT2D eigenvalue weighted by molar-refractivity contribution is 5.31. The molecule has 0 amide bonds. The largest absolute Gasteiger partial charge is 0.0656 e. The van der Waals surface area contributed by atoms with E-state index in [9.17, 15) is 0 Å². The first-order valence-corrected chi connectivity index (χ1v) is 8.19. The molecular weight excluding hydrogens is 228 g/mol. The Morgan fingerprint density at radius 1 is 0.789 bits per heavy atom. The van der Waals surface area contributed by atoms with Crippen molar-refractivity contribution >= 4 is 0 Å². The molecule has 0 heterocycles. The van der Waals surface area contributed by atoms with Gasteiger partial charge < -0.3 is 0 Å². The molecule has 1 aromatic carbocycles. The topological polar surface area (TPSA) is 0 Å². The van der Waals surface area contributed by atoms with Gasteiger partial charge >= 0.3 is 0 Å². The van der Waals surface area contributed by atoms with E-state index >= 15 is 0 Å². The number of rotatable bonds is 4. The molecule has 0 saturated carbocycles. The lowest BCUT2D eigenvalue weighted by Gasteiger charge is -2.05. The molecule has 0 unspecified atom stereocenters. The summed E-state index contributed by atoms with van der Waals surface area (Å²) < 4.78 is 0. The summed E-state index contributed by atoms with van der Waals surface area (Å²) in [6.45, 7) is 15.3. The van der Waals surface area contributed by atoms with E-state index < -0.39 is 0 Å². The van der Waals surface area contributed by atoms with Gasteiger partial charge in [-0.2, -0.15) is 0 Å². The van der Waals surface area contributed by atoms with Crippen LogP contribution in [0.25, 0.3) is 0 Å². The molecule has 0 fully saturated rings. The smallest absolute Gasteiger partial charge is 0.0281 e. The molecule has 0 N–H and O–H groups in total. The monoisotopic (exact) mass is 264 g/mol. The third-order valence-electron chi connectivity index (χ3n) is 2.83. The van der Waals surface area contributed by atoms with Crippen LogP contribution >= 0.6 is 0 Å². The molecule has 19 heavy (non-hydrogen) atoms. The number of aryl methyl sites for hydroxylation is 3. The lowest BCUT2D eigenvalue weighted by atomic mass is 10.0. The van der Waals surface area contributed by atoms with Gasteiger partial charge in [-0.25, -0.2) is 0 Å². The molecule has 112 valence electrons. The van der Waals surface area contributed by atoms with Gasteiger partial charge in [0.25, 0.3) is 0 Å². The maximum Gasteiger partial charge on any atom is -0.0281 e. The predicted molar refractivity (Wildman–Crippen MR) is 91.1 cm³/mol. The Hall–Kier alpha value is -0.780. The van der Waals surface area contributed by atoms with Crippen LogP contribution in [0.4, 0.5) is 0 Å². The number of benzene rings is 1. The molecule has 0 aliphatic heterocycles. The average Bonchev–Trinajstić information content (AvgIpc) is 2.41. The van der Waals surface area contributed by atoms with Crippen molar-refractivity contribution in [2.45, 2.75) is 87.0 Å². The van der Waals surface area contributed by atoms with Gasteiger partial charge in [0.05, 0.1) is 0 Å². The first-order valence-electron chi connectivity index (χ1n) is 8.19. The molecule has 0 heteroatoms. The van der Waals surface area contributed by atoms with Crippen molar-refractivity contribution in [2.75, 3.05) is 0 Å². The summed E-state index contributed by atoms with van der Waals surface area (Å²) in [5, 5.41) is 0. The van der Waals surface area contributed by atoms with Crippen LogP contribution in [0.2, 0.25) is 0 Å². The highest BCUT2D eigenvalue weighted by Crippen LogP contribution is 2.12. The number of unbranched alkanes of at least 4 members (excludes halogenated alkanes) is 1. The van der Waals surface area contributed by atoms with Crippen molar-refractivity contribution in [3.05, 3.63) is 34.9 Å². The number of hydrogen-bond donors (Lipinski definition) is 0. The van der Waals surface area contributed by atoms with Crippen LogP contribution in [0.1, 0.15) is 83.9 Å². The van der Waals surface area contributed by atoms with Crippen LogP contribution < -0.4 is 0 Å². The van der Waals surface area contributed by atoms with Crippen molar-refractivity contribution < 1.29 is 0 Å². The Balaban J connectivity index is 0. The molecule has 0 radical (unpaired) electrons. The Morgan fingerprint density at radius 2 is 1.32 bits per heavy atom. The molecule has 0 atom stereocenters. The van der Waals surface area contributed by atoms with Gasteiger partial charge in [-0.05, 0) is 36.5 Å². The van der Waals surface area contributed by atoms with Crippen LogP contribution in [0, 0.1) is 6.92 Å². The van der Waals surface area contributed by atoms with E-state index in [4.69, 9.17) is 0 Å².